The number of thiocarbonyl (C=S) groups is 1. The lowest BCUT2D eigenvalue weighted by Gasteiger charge is -2.33. The van der Waals surface area contributed by atoms with Gasteiger partial charge in [-0.3, -0.25) is 5.43 Å². The number of nitrogens with zero attached hydrogens (tertiary/aromatic N) is 1. The van der Waals surface area contributed by atoms with Gasteiger partial charge in [-0.1, -0.05) is 0 Å². The monoisotopic (exact) mass is 289 g/mol. The average Bonchev–Trinajstić information content (AvgIpc) is 2.34. The number of nitrogens with two attached hydrogens (primary N) is 1. The van der Waals surface area contributed by atoms with E-state index >= 15 is 0 Å². The summed E-state index contributed by atoms with van der Waals surface area (Å²) in [5.74, 6) is 5.52. The molecular weight excluding hydrogens is 266 g/mol. The van der Waals surface area contributed by atoms with Gasteiger partial charge < -0.3 is 14.4 Å². The van der Waals surface area contributed by atoms with Crippen molar-refractivity contribution in [1.29, 1.82) is 0 Å². The molecule has 0 bridgehead atoms. The van der Waals surface area contributed by atoms with Crippen LogP contribution in [-0.4, -0.2) is 41.5 Å². The molecule has 3 N–H and O–H groups in total. The first kappa shape index (κ1) is 16.0. The number of carbonyl (C=O) groups is 1. The molecule has 0 atom stereocenters. The van der Waals surface area contributed by atoms with Gasteiger partial charge in [-0.05, 0) is 51.7 Å². The van der Waals surface area contributed by atoms with Crippen LogP contribution in [0.4, 0.5) is 4.79 Å². The highest BCUT2D eigenvalue weighted by Crippen LogP contribution is 2.19. The number of nitrogens with one attached hydrogen (secondary N) is 1. The lowest BCUT2D eigenvalue weighted by Crippen LogP contribution is -2.42. The summed E-state index contributed by atoms with van der Waals surface area (Å²) in [7, 11) is 0. The smallest absolute Gasteiger partial charge is 0.410 e. The number of rotatable bonds is 2. The van der Waals surface area contributed by atoms with Crippen LogP contribution in [0.3, 0.4) is 0 Å². The Labute approximate surface area is 119 Å². The Hall–Kier alpha value is -1.08. The van der Waals surface area contributed by atoms with E-state index in [9.17, 15) is 4.79 Å². The molecule has 0 saturated carbocycles. The third kappa shape index (κ3) is 6.07. The Morgan fingerprint density at radius 1 is 1.42 bits per heavy atom. The first-order valence-corrected chi connectivity index (χ1v) is 6.84. The predicted molar refractivity (Wildman–Crippen MR) is 76.4 cm³/mol. The van der Waals surface area contributed by atoms with E-state index in [1.807, 2.05) is 20.8 Å². The molecule has 0 aromatic rings. The topological polar surface area (TPSA) is 76.8 Å². The second-order valence-electron chi connectivity index (χ2n) is 5.65. The summed E-state index contributed by atoms with van der Waals surface area (Å²) in [5.41, 5.74) is 1.83. The molecule has 1 amide bonds. The van der Waals surface area contributed by atoms with Crippen molar-refractivity contribution in [3.63, 3.8) is 0 Å². The molecule has 7 heteroatoms. The summed E-state index contributed by atoms with van der Waals surface area (Å²) >= 11 is 4.81. The summed E-state index contributed by atoms with van der Waals surface area (Å²) in [6.45, 7) is 7.51. The summed E-state index contributed by atoms with van der Waals surface area (Å²) in [4.78, 5) is 13.6. The Kier molecular flexibility index (Phi) is 5.81. The van der Waals surface area contributed by atoms with Gasteiger partial charge in [0.05, 0.1) is 6.61 Å². The maximum atomic E-state index is 11.9. The standard InChI is InChI=1S/C12H23N3O3S/c1-12(2,3)18-11(16)15-6-4-9(5-7-15)8-17-10(19)14-13/h9H,4-8,13H2,1-3H3,(H,14,19). The van der Waals surface area contributed by atoms with E-state index in [-0.39, 0.29) is 11.3 Å². The van der Waals surface area contributed by atoms with E-state index in [0.29, 0.717) is 25.6 Å². The van der Waals surface area contributed by atoms with E-state index in [1.54, 1.807) is 4.90 Å². The number of amides is 1. The summed E-state index contributed by atoms with van der Waals surface area (Å²) in [6.07, 6.45) is 1.52. The molecule has 110 valence electrons. The molecule has 1 fully saturated rings. The first-order chi connectivity index (χ1) is 8.81. The van der Waals surface area contributed by atoms with Gasteiger partial charge in [-0.2, -0.15) is 0 Å². The number of hydrazine groups is 1. The minimum atomic E-state index is -0.448. The zero-order valence-corrected chi connectivity index (χ0v) is 12.6. The number of ether oxygens (including phenoxy) is 2. The predicted octanol–water partition coefficient (Wildman–Crippen LogP) is 1.40. The fourth-order valence-electron chi connectivity index (χ4n) is 1.84. The highest BCUT2D eigenvalue weighted by Gasteiger charge is 2.27. The van der Waals surface area contributed by atoms with Crippen molar-refractivity contribution in [2.45, 2.75) is 39.2 Å². The van der Waals surface area contributed by atoms with Crippen molar-refractivity contribution < 1.29 is 14.3 Å². The Balaban J connectivity index is 2.29. The highest BCUT2D eigenvalue weighted by atomic mass is 32.1. The molecule has 0 radical (unpaired) electrons. The molecule has 1 aliphatic rings. The van der Waals surface area contributed by atoms with Crippen molar-refractivity contribution in [3.05, 3.63) is 0 Å². The maximum Gasteiger partial charge on any atom is 0.410 e. The van der Waals surface area contributed by atoms with Crippen molar-refractivity contribution in [3.8, 4) is 0 Å². The van der Waals surface area contributed by atoms with Gasteiger partial charge >= 0.3 is 6.09 Å². The molecule has 1 rings (SSSR count). The minimum Gasteiger partial charge on any atom is -0.470 e. The molecule has 0 spiro atoms. The Morgan fingerprint density at radius 3 is 2.47 bits per heavy atom. The van der Waals surface area contributed by atoms with Crippen LogP contribution < -0.4 is 11.3 Å². The normalized spacial score (nSPS) is 16.9. The van der Waals surface area contributed by atoms with Crippen molar-refractivity contribution in [1.82, 2.24) is 10.3 Å². The Bertz CT molecular complexity index is 323. The van der Waals surface area contributed by atoms with Crippen LogP contribution in [0.1, 0.15) is 33.6 Å². The van der Waals surface area contributed by atoms with Crippen LogP contribution in [0.2, 0.25) is 0 Å². The van der Waals surface area contributed by atoms with Crippen LogP contribution in [0.25, 0.3) is 0 Å². The fourth-order valence-corrected chi connectivity index (χ4v) is 1.91. The number of likely N-dealkylation sites (tertiary alicyclic amines) is 1. The van der Waals surface area contributed by atoms with Crippen LogP contribution >= 0.6 is 12.2 Å². The molecule has 0 aliphatic carbocycles. The van der Waals surface area contributed by atoms with Crippen LogP contribution in [0, 0.1) is 5.92 Å². The van der Waals surface area contributed by atoms with E-state index in [2.05, 4.69) is 5.43 Å². The van der Waals surface area contributed by atoms with E-state index < -0.39 is 5.60 Å². The summed E-state index contributed by atoms with van der Waals surface area (Å²) in [6, 6.07) is 0. The number of piperidine rings is 1. The van der Waals surface area contributed by atoms with Gasteiger partial charge in [-0.25, -0.2) is 10.6 Å². The molecule has 0 aromatic carbocycles. The van der Waals surface area contributed by atoms with Crippen LogP contribution in [-0.2, 0) is 9.47 Å². The second-order valence-corrected chi connectivity index (χ2v) is 6.02. The second kappa shape index (κ2) is 6.91. The maximum absolute atomic E-state index is 11.9. The van der Waals surface area contributed by atoms with Gasteiger partial charge in [0.15, 0.2) is 0 Å². The molecule has 1 heterocycles. The molecule has 19 heavy (non-hydrogen) atoms. The first-order valence-electron chi connectivity index (χ1n) is 6.43. The van der Waals surface area contributed by atoms with E-state index in [1.165, 1.54) is 0 Å². The summed E-state index contributed by atoms with van der Waals surface area (Å²) < 4.78 is 10.6. The van der Waals surface area contributed by atoms with Crippen molar-refractivity contribution >= 4 is 23.5 Å². The molecule has 1 aliphatic heterocycles. The zero-order valence-electron chi connectivity index (χ0n) is 11.8. The molecular formula is C12H23N3O3S. The quantitative estimate of drug-likeness (QED) is 0.454. The van der Waals surface area contributed by atoms with Crippen LogP contribution in [0.15, 0.2) is 0 Å². The number of hydrogen-bond acceptors (Lipinski definition) is 5. The zero-order chi connectivity index (χ0) is 14.5. The third-order valence-electron chi connectivity index (χ3n) is 2.83. The number of carbonyl (C=O) groups excluding carboxylic acids is 1. The van der Waals surface area contributed by atoms with Gasteiger partial charge in [0.1, 0.15) is 5.60 Å². The van der Waals surface area contributed by atoms with Gasteiger partial charge in [0.25, 0.3) is 5.17 Å². The van der Waals surface area contributed by atoms with Crippen molar-refractivity contribution in [2.75, 3.05) is 19.7 Å². The molecule has 1 saturated heterocycles. The average molecular weight is 289 g/mol. The molecule has 0 unspecified atom stereocenters. The third-order valence-corrected chi connectivity index (χ3v) is 3.07. The van der Waals surface area contributed by atoms with Gasteiger partial charge in [-0.15, -0.1) is 0 Å². The number of hydrogen-bond donors (Lipinski definition) is 2. The van der Waals surface area contributed by atoms with E-state index in [4.69, 9.17) is 27.5 Å². The van der Waals surface area contributed by atoms with Crippen LogP contribution in [0.5, 0.6) is 0 Å². The highest BCUT2D eigenvalue weighted by molar-refractivity contribution is 7.80. The molecule has 6 nitrogen and oxygen atoms in total. The SMILES string of the molecule is CC(C)(C)OC(=O)N1CCC(COC(=S)NN)CC1. The largest absolute Gasteiger partial charge is 0.470 e. The van der Waals surface area contributed by atoms with Gasteiger partial charge in [0, 0.05) is 13.1 Å². The fraction of sp³-hybridized carbons (Fsp3) is 0.833. The minimum absolute atomic E-state index is 0.203. The molecule has 0 aromatic heterocycles. The van der Waals surface area contributed by atoms with E-state index in [0.717, 1.165) is 12.8 Å². The summed E-state index contributed by atoms with van der Waals surface area (Å²) in [5, 5.41) is 0.203. The van der Waals surface area contributed by atoms with Crippen molar-refractivity contribution in [2.24, 2.45) is 11.8 Å². The Morgan fingerprint density at radius 2 is 2.00 bits per heavy atom. The van der Waals surface area contributed by atoms with Gasteiger partial charge in [0.2, 0.25) is 0 Å². The lowest BCUT2D eigenvalue weighted by atomic mass is 9.98. The lowest BCUT2D eigenvalue weighted by molar-refractivity contribution is 0.0162.